The van der Waals surface area contributed by atoms with Crippen molar-refractivity contribution >= 4 is 27.3 Å². The smallest absolute Gasteiger partial charge is 0.244 e. The summed E-state index contributed by atoms with van der Waals surface area (Å²) in [7, 11) is -2.23. The lowest BCUT2D eigenvalue weighted by Gasteiger charge is -2.28. The van der Waals surface area contributed by atoms with Gasteiger partial charge in [0.2, 0.25) is 10.0 Å². The van der Waals surface area contributed by atoms with E-state index in [1.54, 1.807) is 12.1 Å². The van der Waals surface area contributed by atoms with Crippen LogP contribution >= 0.6 is 11.6 Å². The van der Waals surface area contributed by atoms with E-state index in [1.807, 2.05) is 0 Å². The molecule has 0 atom stereocenters. The quantitative estimate of drug-likeness (QED) is 0.646. The summed E-state index contributed by atoms with van der Waals surface area (Å²) in [4.78, 5) is 2.49. The van der Waals surface area contributed by atoms with Gasteiger partial charge in [-0.1, -0.05) is 23.7 Å². The van der Waals surface area contributed by atoms with Gasteiger partial charge in [0.1, 0.15) is 10.6 Å². The molecule has 0 bridgehead atoms. The summed E-state index contributed by atoms with van der Waals surface area (Å²) >= 11 is 5.94. The lowest BCUT2D eigenvalue weighted by molar-refractivity contribution is 0.402. The molecule has 1 N–H and O–H groups in total. The van der Waals surface area contributed by atoms with Crippen molar-refractivity contribution in [1.82, 2.24) is 4.72 Å². The number of ether oxygens (including phenoxy) is 1. The first kappa shape index (κ1) is 21.0. The van der Waals surface area contributed by atoms with Gasteiger partial charge >= 0.3 is 0 Å². The highest BCUT2D eigenvalue weighted by Crippen LogP contribution is 2.27. The van der Waals surface area contributed by atoms with E-state index in [-0.39, 0.29) is 10.6 Å². The number of nitrogens with one attached hydrogen (secondary N) is 1. The minimum absolute atomic E-state index is 0.0633. The zero-order chi connectivity index (χ0) is 20.0. The standard InChI is InChI=1S/C21H27ClN2O3S/c1-27-20-12-9-18(22)16-21(20)28(25,26)23-13-5-6-17-7-10-19(11-8-17)24-14-3-2-4-15-24/h7-12,16,23H,2-6,13-15H2,1H3. The zero-order valence-electron chi connectivity index (χ0n) is 16.2. The fourth-order valence-electron chi connectivity index (χ4n) is 3.46. The highest BCUT2D eigenvalue weighted by atomic mass is 35.5. The SMILES string of the molecule is COc1ccc(Cl)cc1S(=O)(=O)NCCCc1ccc(N2CCCCC2)cc1. The molecule has 0 amide bonds. The number of halogens is 1. The summed E-state index contributed by atoms with van der Waals surface area (Å²) in [6.45, 7) is 2.62. The minimum atomic E-state index is -3.67. The molecule has 2 aromatic carbocycles. The van der Waals surface area contributed by atoms with Crippen molar-refractivity contribution in [2.75, 3.05) is 31.6 Å². The van der Waals surface area contributed by atoms with Crippen molar-refractivity contribution in [3.8, 4) is 5.75 Å². The molecule has 1 aliphatic rings. The molecule has 0 radical (unpaired) electrons. The summed E-state index contributed by atoms with van der Waals surface area (Å²) in [5, 5.41) is 0.356. The second kappa shape index (κ2) is 9.63. The molecular formula is C21H27ClN2O3S. The maximum atomic E-state index is 12.5. The molecule has 2 aromatic rings. The molecule has 0 saturated carbocycles. The van der Waals surface area contributed by atoms with E-state index in [9.17, 15) is 8.42 Å². The summed E-state index contributed by atoms with van der Waals surface area (Å²) in [6, 6.07) is 13.2. The van der Waals surface area contributed by atoms with E-state index in [4.69, 9.17) is 16.3 Å². The zero-order valence-corrected chi connectivity index (χ0v) is 17.7. The van der Waals surface area contributed by atoms with E-state index in [0.29, 0.717) is 18.0 Å². The second-order valence-corrected chi connectivity index (χ2v) is 9.18. The average molecular weight is 423 g/mol. The van der Waals surface area contributed by atoms with Crippen LogP contribution in [0.15, 0.2) is 47.4 Å². The molecule has 5 nitrogen and oxygen atoms in total. The van der Waals surface area contributed by atoms with E-state index in [1.165, 1.54) is 43.7 Å². The number of piperidine rings is 1. The number of nitrogens with zero attached hydrogens (tertiary/aromatic N) is 1. The van der Waals surface area contributed by atoms with Crippen molar-refractivity contribution < 1.29 is 13.2 Å². The van der Waals surface area contributed by atoms with Crippen molar-refractivity contribution in [2.45, 2.75) is 37.0 Å². The largest absolute Gasteiger partial charge is 0.495 e. The maximum Gasteiger partial charge on any atom is 0.244 e. The van der Waals surface area contributed by atoms with Crippen molar-refractivity contribution in [3.05, 3.63) is 53.1 Å². The molecule has 0 aliphatic carbocycles. The Morgan fingerprint density at radius 1 is 1.07 bits per heavy atom. The number of rotatable bonds is 8. The Balaban J connectivity index is 1.52. The summed E-state index contributed by atoms with van der Waals surface area (Å²) in [5.74, 6) is 0.283. The number of methoxy groups -OCH3 is 1. The van der Waals surface area contributed by atoms with Crippen molar-refractivity contribution in [3.63, 3.8) is 0 Å². The molecular weight excluding hydrogens is 396 g/mol. The fraction of sp³-hybridized carbons (Fsp3) is 0.429. The molecule has 1 heterocycles. The van der Waals surface area contributed by atoms with Gasteiger partial charge < -0.3 is 9.64 Å². The Bertz CT molecular complexity index is 879. The summed E-state index contributed by atoms with van der Waals surface area (Å²) < 4.78 is 32.9. The van der Waals surface area contributed by atoms with Gasteiger partial charge in [-0.05, 0) is 68.0 Å². The first-order chi connectivity index (χ1) is 13.5. The highest BCUT2D eigenvalue weighted by molar-refractivity contribution is 7.89. The minimum Gasteiger partial charge on any atom is -0.495 e. The Hall–Kier alpha value is -1.76. The molecule has 0 unspecified atom stereocenters. The molecule has 3 rings (SSSR count). The highest BCUT2D eigenvalue weighted by Gasteiger charge is 2.19. The Morgan fingerprint density at radius 3 is 2.46 bits per heavy atom. The van der Waals surface area contributed by atoms with E-state index < -0.39 is 10.0 Å². The van der Waals surface area contributed by atoms with Crippen LogP contribution in [0, 0.1) is 0 Å². The van der Waals surface area contributed by atoms with Crippen LogP contribution in [-0.2, 0) is 16.4 Å². The number of benzene rings is 2. The Labute approximate surface area is 172 Å². The predicted molar refractivity (Wildman–Crippen MR) is 114 cm³/mol. The van der Waals surface area contributed by atoms with Crippen LogP contribution in [0.1, 0.15) is 31.2 Å². The van der Waals surface area contributed by atoms with Gasteiger partial charge in [-0.25, -0.2) is 13.1 Å². The number of anilines is 1. The monoisotopic (exact) mass is 422 g/mol. The van der Waals surface area contributed by atoms with Gasteiger partial charge in [-0.2, -0.15) is 0 Å². The summed E-state index contributed by atoms with van der Waals surface area (Å²) in [6.07, 6.45) is 5.38. The number of hydrogen-bond acceptors (Lipinski definition) is 4. The van der Waals surface area contributed by atoms with Crippen LogP contribution in [-0.4, -0.2) is 35.2 Å². The van der Waals surface area contributed by atoms with Crippen molar-refractivity contribution in [1.29, 1.82) is 0 Å². The number of sulfonamides is 1. The molecule has 152 valence electrons. The van der Waals surface area contributed by atoms with E-state index >= 15 is 0 Å². The second-order valence-electron chi connectivity index (χ2n) is 7.01. The fourth-order valence-corrected chi connectivity index (χ4v) is 4.97. The third-order valence-corrected chi connectivity index (χ3v) is 6.72. The topological polar surface area (TPSA) is 58.6 Å². The molecule has 1 aliphatic heterocycles. The maximum absolute atomic E-state index is 12.5. The van der Waals surface area contributed by atoms with Gasteiger partial charge in [0, 0.05) is 30.3 Å². The van der Waals surface area contributed by atoms with Crippen LogP contribution in [0.3, 0.4) is 0 Å². The van der Waals surface area contributed by atoms with Gasteiger partial charge in [-0.15, -0.1) is 0 Å². The Kier molecular flexibility index (Phi) is 7.21. The van der Waals surface area contributed by atoms with Crippen LogP contribution in [0.2, 0.25) is 5.02 Å². The van der Waals surface area contributed by atoms with Gasteiger partial charge in [0.25, 0.3) is 0 Å². The predicted octanol–water partition coefficient (Wildman–Crippen LogP) is 4.25. The number of hydrogen-bond donors (Lipinski definition) is 1. The van der Waals surface area contributed by atoms with Gasteiger partial charge in [0.15, 0.2) is 0 Å². The van der Waals surface area contributed by atoms with Crippen LogP contribution < -0.4 is 14.4 Å². The van der Waals surface area contributed by atoms with Crippen molar-refractivity contribution in [2.24, 2.45) is 0 Å². The Morgan fingerprint density at radius 2 is 1.79 bits per heavy atom. The molecule has 28 heavy (non-hydrogen) atoms. The molecule has 0 aromatic heterocycles. The number of aryl methyl sites for hydroxylation is 1. The first-order valence-electron chi connectivity index (χ1n) is 9.67. The average Bonchev–Trinajstić information content (AvgIpc) is 2.72. The third kappa shape index (κ3) is 5.40. The van der Waals surface area contributed by atoms with E-state index in [2.05, 4.69) is 33.9 Å². The van der Waals surface area contributed by atoms with Crippen LogP contribution in [0.5, 0.6) is 5.75 Å². The first-order valence-corrected chi connectivity index (χ1v) is 11.5. The molecule has 1 fully saturated rings. The van der Waals surface area contributed by atoms with Gasteiger partial charge in [0.05, 0.1) is 7.11 Å². The van der Waals surface area contributed by atoms with Crippen LogP contribution in [0.4, 0.5) is 5.69 Å². The van der Waals surface area contributed by atoms with E-state index in [0.717, 1.165) is 19.5 Å². The summed E-state index contributed by atoms with van der Waals surface area (Å²) in [5.41, 5.74) is 2.48. The molecule has 1 saturated heterocycles. The van der Waals surface area contributed by atoms with Crippen LogP contribution in [0.25, 0.3) is 0 Å². The lowest BCUT2D eigenvalue weighted by Crippen LogP contribution is -2.29. The van der Waals surface area contributed by atoms with Gasteiger partial charge in [-0.3, -0.25) is 0 Å². The normalized spacial score (nSPS) is 14.9. The lowest BCUT2D eigenvalue weighted by atomic mass is 10.1. The molecule has 7 heteroatoms. The molecule has 0 spiro atoms. The third-order valence-electron chi connectivity index (χ3n) is 5.01.